The lowest BCUT2D eigenvalue weighted by atomic mass is 9.69. The van der Waals surface area contributed by atoms with Crippen LogP contribution in [0, 0.1) is 5.41 Å². The summed E-state index contributed by atoms with van der Waals surface area (Å²) in [5, 5.41) is 0. The van der Waals surface area contributed by atoms with Gasteiger partial charge in [-0.25, -0.2) is 0 Å². The molecule has 0 heterocycles. The number of carbonyl (C=O) groups excluding carboxylic acids is 2. The molecule has 0 saturated carbocycles. The molecule has 0 N–H and O–H groups in total. The minimum atomic E-state index is -0.643. The van der Waals surface area contributed by atoms with Crippen molar-refractivity contribution in [1.29, 1.82) is 0 Å². The normalized spacial score (nSPS) is 18.4. The van der Waals surface area contributed by atoms with E-state index in [1.54, 1.807) is 12.1 Å². The first-order valence-electron chi connectivity index (χ1n) is 18.5. The van der Waals surface area contributed by atoms with E-state index in [0.29, 0.717) is 24.0 Å². The number of fused-ring (bicyclic) bond motifs is 1. The number of hydrogen-bond acceptors (Lipinski definition) is 2. The number of allylic oxidation sites excluding steroid dienone is 14. The van der Waals surface area contributed by atoms with Crippen LogP contribution in [0.15, 0.2) is 106 Å². The fourth-order valence-corrected chi connectivity index (χ4v) is 6.28. The smallest absolute Gasteiger partial charge is 0.170 e. The molecule has 0 bridgehead atoms. The number of hydrogen-bond donors (Lipinski definition) is 0. The van der Waals surface area contributed by atoms with Crippen LogP contribution in [-0.2, 0) is 0 Å². The van der Waals surface area contributed by atoms with Crippen LogP contribution in [0.1, 0.15) is 173 Å². The van der Waals surface area contributed by atoms with Crippen molar-refractivity contribution in [3.63, 3.8) is 0 Å². The Kier molecular flexibility index (Phi) is 18.5. The SMILES string of the molecule is CC(C)=CCC/C(C)=C/CC/C(C)=C/CC/C(C)=C/CC/C(C)=C/CC/C(C)=C/CC/C(C)=C/CC1(C)CC(=O)c2ccccc2C1=O. The molecule has 1 aromatic carbocycles. The summed E-state index contributed by atoms with van der Waals surface area (Å²) < 4.78 is 0. The van der Waals surface area contributed by atoms with E-state index in [1.165, 1.54) is 51.9 Å². The Morgan fingerprint density at radius 3 is 1.23 bits per heavy atom. The molecule has 2 nitrogen and oxygen atoms in total. The molecule has 0 spiro atoms. The van der Waals surface area contributed by atoms with Crippen molar-refractivity contribution in [2.24, 2.45) is 5.41 Å². The van der Waals surface area contributed by atoms with Gasteiger partial charge in [-0.1, -0.05) is 113 Å². The zero-order valence-corrected chi connectivity index (χ0v) is 32.1. The van der Waals surface area contributed by atoms with E-state index >= 15 is 0 Å². The van der Waals surface area contributed by atoms with Gasteiger partial charge in [-0.05, 0) is 139 Å². The van der Waals surface area contributed by atoms with Crippen LogP contribution in [0.25, 0.3) is 0 Å². The third-order valence-corrected chi connectivity index (χ3v) is 9.72. The average Bonchev–Trinajstić information content (AvgIpc) is 3.02. The molecular formula is C46H66O2. The number of carbonyl (C=O) groups is 2. The molecule has 0 aliphatic heterocycles. The highest BCUT2D eigenvalue weighted by Crippen LogP contribution is 2.38. The van der Waals surface area contributed by atoms with E-state index in [-0.39, 0.29) is 11.6 Å². The number of ketones is 2. The highest BCUT2D eigenvalue weighted by Gasteiger charge is 2.41. The van der Waals surface area contributed by atoms with Crippen LogP contribution in [0.2, 0.25) is 0 Å². The standard InChI is InChI=1S/C46H66O2/c1-35(2)18-12-19-36(3)20-13-21-37(4)22-14-23-38(5)24-15-25-39(6)26-16-27-40(7)28-17-29-41(8)32-33-46(9)34-44(47)42-30-10-11-31-43(42)45(46)48/h10-11,18,20,22,24,26,28,30-32H,12-17,19,21,23,25,27,29,33-34H2,1-9H3/b36-20+,37-22+,38-24+,39-26+,40-28+,41-32+. The lowest BCUT2D eigenvalue weighted by Crippen LogP contribution is -2.36. The van der Waals surface area contributed by atoms with Crippen LogP contribution in [-0.4, -0.2) is 11.6 Å². The number of Topliss-reactive ketones (excluding diaryl/α,β-unsaturated/α-hetero) is 2. The fraction of sp³-hybridized carbons (Fsp3) is 0.522. The molecule has 262 valence electrons. The molecule has 1 aliphatic carbocycles. The van der Waals surface area contributed by atoms with Gasteiger partial charge in [0, 0.05) is 23.0 Å². The van der Waals surface area contributed by atoms with Gasteiger partial charge in [-0.2, -0.15) is 0 Å². The fourth-order valence-electron chi connectivity index (χ4n) is 6.28. The third-order valence-electron chi connectivity index (χ3n) is 9.72. The Balaban J connectivity index is 1.64. The molecule has 0 amide bonds. The van der Waals surface area contributed by atoms with Gasteiger partial charge in [0.1, 0.15) is 0 Å². The Bertz CT molecular complexity index is 1430. The van der Waals surface area contributed by atoms with Crippen LogP contribution < -0.4 is 0 Å². The Labute approximate surface area is 295 Å². The zero-order valence-electron chi connectivity index (χ0n) is 32.1. The summed E-state index contributed by atoms with van der Waals surface area (Å²) >= 11 is 0. The average molecular weight is 651 g/mol. The second-order valence-corrected chi connectivity index (χ2v) is 15.1. The van der Waals surface area contributed by atoms with Crippen molar-refractivity contribution in [2.45, 2.75) is 152 Å². The zero-order chi connectivity index (χ0) is 35.5. The first-order valence-corrected chi connectivity index (χ1v) is 18.5. The summed E-state index contributed by atoms with van der Waals surface area (Å²) in [6.07, 6.45) is 30.9. The van der Waals surface area contributed by atoms with Crippen LogP contribution in [0.5, 0.6) is 0 Å². The molecule has 0 fully saturated rings. The lowest BCUT2D eigenvalue weighted by molar-refractivity contribution is 0.0717. The van der Waals surface area contributed by atoms with Gasteiger partial charge < -0.3 is 0 Å². The monoisotopic (exact) mass is 651 g/mol. The summed E-state index contributed by atoms with van der Waals surface area (Å²) in [5.41, 5.74) is 10.7. The van der Waals surface area contributed by atoms with E-state index in [9.17, 15) is 9.59 Å². The van der Waals surface area contributed by atoms with Gasteiger partial charge in [0.15, 0.2) is 11.6 Å². The quantitative estimate of drug-likeness (QED) is 0.132. The summed E-state index contributed by atoms with van der Waals surface area (Å²) in [4.78, 5) is 25.8. The van der Waals surface area contributed by atoms with Crippen LogP contribution >= 0.6 is 0 Å². The van der Waals surface area contributed by atoms with Gasteiger partial charge in [0.25, 0.3) is 0 Å². The first-order chi connectivity index (χ1) is 22.8. The lowest BCUT2D eigenvalue weighted by Gasteiger charge is -2.31. The van der Waals surface area contributed by atoms with E-state index in [2.05, 4.69) is 97.9 Å². The molecule has 2 heteroatoms. The Morgan fingerprint density at radius 1 is 0.521 bits per heavy atom. The predicted molar refractivity (Wildman–Crippen MR) is 210 cm³/mol. The molecule has 48 heavy (non-hydrogen) atoms. The van der Waals surface area contributed by atoms with Crippen molar-refractivity contribution in [3.8, 4) is 0 Å². The molecule has 0 saturated heterocycles. The van der Waals surface area contributed by atoms with E-state index in [4.69, 9.17) is 0 Å². The maximum atomic E-state index is 13.2. The second-order valence-electron chi connectivity index (χ2n) is 15.1. The van der Waals surface area contributed by atoms with E-state index in [1.807, 2.05) is 19.1 Å². The Hall–Kier alpha value is -3.26. The van der Waals surface area contributed by atoms with Crippen molar-refractivity contribution in [1.82, 2.24) is 0 Å². The molecule has 1 unspecified atom stereocenters. The van der Waals surface area contributed by atoms with Crippen molar-refractivity contribution in [2.75, 3.05) is 0 Å². The van der Waals surface area contributed by atoms with Gasteiger partial charge in [0.2, 0.25) is 0 Å². The second kappa shape index (κ2) is 21.7. The van der Waals surface area contributed by atoms with Crippen LogP contribution in [0.3, 0.4) is 0 Å². The topological polar surface area (TPSA) is 34.1 Å². The maximum Gasteiger partial charge on any atom is 0.170 e. The number of rotatable bonds is 20. The summed E-state index contributed by atoms with van der Waals surface area (Å²) in [7, 11) is 0. The third kappa shape index (κ3) is 15.8. The van der Waals surface area contributed by atoms with Crippen LogP contribution in [0.4, 0.5) is 0 Å². The maximum absolute atomic E-state index is 13.2. The number of benzene rings is 1. The van der Waals surface area contributed by atoms with Gasteiger partial charge >= 0.3 is 0 Å². The summed E-state index contributed by atoms with van der Waals surface area (Å²) in [6.45, 7) is 19.8. The molecule has 1 aliphatic rings. The summed E-state index contributed by atoms with van der Waals surface area (Å²) in [5.74, 6) is 0.180. The first kappa shape index (κ1) is 40.9. The Morgan fingerprint density at radius 2 is 0.854 bits per heavy atom. The van der Waals surface area contributed by atoms with E-state index in [0.717, 1.165) is 64.2 Å². The van der Waals surface area contributed by atoms with Crippen molar-refractivity contribution < 1.29 is 9.59 Å². The molecular weight excluding hydrogens is 585 g/mol. The highest BCUT2D eigenvalue weighted by atomic mass is 16.1. The minimum absolute atomic E-state index is 0.0814. The predicted octanol–water partition coefficient (Wildman–Crippen LogP) is 14.2. The molecule has 0 aromatic heterocycles. The molecule has 1 aromatic rings. The molecule has 2 rings (SSSR count). The minimum Gasteiger partial charge on any atom is -0.294 e. The van der Waals surface area contributed by atoms with Crippen molar-refractivity contribution >= 4 is 11.6 Å². The van der Waals surface area contributed by atoms with Crippen molar-refractivity contribution in [3.05, 3.63) is 117 Å². The van der Waals surface area contributed by atoms with E-state index < -0.39 is 5.41 Å². The molecule has 0 radical (unpaired) electrons. The van der Waals surface area contributed by atoms with Gasteiger partial charge in [0.05, 0.1) is 0 Å². The highest BCUT2D eigenvalue weighted by molar-refractivity contribution is 6.16. The summed E-state index contributed by atoms with van der Waals surface area (Å²) in [6, 6.07) is 7.25. The largest absolute Gasteiger partial charge is 0.294 e. The van der Waals surface area contributed by atoms with Gasteiger partial charge in [-0.15, -0.1) is 0 Å². The molecule has 1 atom stereocenters. The van der Waals surface area contributed by atoms with Gasteiger partial charge in [-0.3, -0.25) is 9.59 Å².